The maximum absolute atomic E-state index is 11.7. The van der Waals surface area contributed by atoms with E-state index in [-0.39, 0.29) is 5.91 Å². The molecule has 0 radical (unpaired) electrons. The minimum Gasteiger partial charge on any atom is -0.387 e. The maximum Gasteiger partial charge on any atom is 0.214 e. The molecule has 0 saturated heterocycles. The third-order valence-electron chi connectivity index (χ3n) is 2.63. The van der Waals surface area contributed by atoms with Crippen molar-refractivity contribution in [2.24, 2.45) is 0 Å². The third kappa shape index (κ3) is 4.19. The predicted molar refractivity (Wildman–Crippen MR) is 69.4 cm³/mol. The summed E-state index contributed by atoms with van der Waals surface area (Å²) in [6, 6.07) is 3.54. The number of aliphatic hydroxyl groups is 1. The molecule has 1 amide bonds. The van der Waals surface area contributed by atoms with Gasteiger partial charge in [-0.05, 0) is 30.4 Å². The minimum absolute atomic E-state index is 0.0833. The number of carbonyl (C=O) groups excluding carboxylic acids is 1. The van der Waals surface area contributed by atoms with Gasteiger partial charge in [0.1, 0.15) is 7.85 Å². The van der Waals surface area contributed by atoms with Crippen molar-refractivity contribution >= 4 is 13.8 Å². The second-order valence-electron chi connectivity index (χ2n) is 3.99. The summed E-state index contributed by atoms with van der Waals surface area (Å²) in [5.41, 5.74) is 0.796. The Hall–Kier alpha value is -1.36. The number of aromatic nitrogens is 1. The maximum atomic E-state index is 11.7. The lowest BCUT2D eigenvalue weighted by atomic mass is 10.0. The fraction of sp³-hybridized carbons (Fsp3) is 0.500. The number of carbonyl (C=O) groups is 1. The van der Waals surface area contributed by atoms with Crippen LogP contribution in [0.5, 0.6) is 0 Å². The van der Waals surface area contributed by atoms with Crippen LogP contribution in [0.1, 0.15) is 25.0 Å². The zero-order chi connectivity index (χ0) is 12.7. The average Bonchev–Trinajstić information content (AvgIpc) is 2.38. The van der Waals surface area contributed by atoms with E-state index in [1.807, 2.05) is 14.8 Å². The van der Waals surface area contributed by atoms with Crippen LogP contribution in [0.15, 0.2) is 24.5 Å². The van der Waals surface area contributed by atoms with Crippen LogP contribution in [0, 0.1) is 0 Å². The summed E-state index contributed by atoms with van der Waals surface area (Å²) < 4.78 is 0. The molecular weight excluding hydrogens is 215 g/mol. The molecule has 1 unspecified atom stereocenters. The topological polar surface area (TPSA) is 53.4 Å². The normalized spacial score (nSPS) is 12.1. The molecule has 0 aliphatic heterocycles. The van der Waals surface area contributed by atoms with Gasteiger partial charge in [0.05, 0.1) is 12.6 Å². The van der Waals surface area contributed by atoms with E-state index < -0.39 is 6.10 Å². The highest BCUT2D eigenvalue weighted by molar-refractivity contribution is 6.19. The van der Waals surface area contributed by atoms with Gasteiger partial charge in [-0.3, -0.25) is 9.78 Å². The first-order chi connectivity index (χ1) is 8.19. The number of amides is 1. The van der Waals surface area contributed by atoms with Gasteiger partial charge in [0, 0.05) is 18.9 Å². The fourth-order valence-corrected chi connectivity index (χ4v) is 1.71. The number of hydrogen-bond acceptors (Lipinski definition) is 3. The first-order valence-electron chi connectivity index (χ1n) is 6.04. The number of nitrogens with zero attached hydrogens (tertiary/aromatic N) is 2. The molecule has 1 N–H and O–H groups in total. The molecular formula is C12H19BN2O2. The van der Waals surface area contributed by atoms with Gasteiger partial charge in [0.2, 0.25) is 5.91 Å². The largest absolute Gasteiger partial charge is 0.387 e. The van der Waals surface area contributed by atoms with Crippen LogP contribution >= 0.6 is 0 Å². The second-order valence-corrected chi connectivity index (χ2v) is 3.99. The molecule has 0 fully saturated rings. The van der Waals surface area contributed by atoms with E-state index in [9.17, 15) is 9.90 Å². The molecule has 4 nitrogen and oxygen atoms in total. The molecule has 92 valence electrons. The number of rotatable bonds is 6. The van der Waals surface area contributed by atoms with Crippen LogP contribution < -0.4 is 0 Å². The SMILES string of the molecule is BCC(=O)N(CCC)CC(O)c1ccncc1. The molecule has 0 saturated carbocycles. The summed E-state index contributed by atoms with van der Waals surface area (Å²) in [6.07, 6.45) is 4.02. The van der Waals surface area contributed by atoms with Crippen molar-refractivity contribution in [2.75, 3.05) is 13.1 Å². The standard InChI is InChI=1S/C12H19BN2O2/c1-2-7-15(12(17)8-13)9-11(16)10-3-5-14-6-4-10/h3-6,11,16H,2,7-9,13H2,1H3. The molecule has 0 aliphatic rings. The fourth-order valence-electron chi connectivity index (χ4n) is 1.71. The number of aliphatic hydroxyl groups excluding tert-OH is 1. The molecule has 0 aliphatic carbocycles. The quantitative estimate of drug-likeness (QED) is 0.725. The Morgan fingerprint density at radius 3 is 2.71 bits per heavy atom. The highest BCUT2D eigenvalue weighted by Gasteiger charge is 2.16. The van der Waals surface area contributed by atoms with Crippen molar-refractivity contribution in [1.29, 1.82) is 0 Å². The molecule has 0 spiro atoms. The van der Waals surface area contributed by atoms with Crippen LogP contribution in [0.3, 0.4) is 0 Å². The lowest BCUT2D eigenvalue weighted by Gasteiger charge is -2.24. The molecule has 17 heavy (non-hydrogen) atoms. The van der Waals surface area contributed by atoms with Gasteiger partial charge in [0.25, 0.3) is 0 Å². The molecule has 0 aromatic carbocycles. The van der Waals surface area contributed by atoms with E-state index >= 15 is 0 Å². The van der Waals surface area contributed by atoms with Crippen molar-refractivity contribution in [3.05, 3.63) is 30.1 Å². The molecule has 1 aromatic heterocycles. The minimum atomic E-state index is -0.639. The Labute approximate surface area is 103 Å². The van der Waals surface area contributed by atoms with Crippen molar-refractivity contribution in [3.8, 4) is 0 Å². The monoisotopic (exact) mass is 234 g/mol. The number of hydrogen-bond donors (Lipinski definition) is 1. The number of pyridine rings is 1. The Kier molecular flexibility index (Phi) is 5.70. The highest BCUT2D eigenvalue weighted by atomic mass is 16.3. The van der Waals surface area contributed by atoms with Crippen molar-refractivity contribution in [2.45, 2.75) is 25.8 Å². The van der Waals surface area contributed by atoms with Gasteiger partial charge in [-0.2, -0.15) is 0 Å². The van der Waals surface area contributed by atoms with E-state index in [2.05, 4.69) is 4.98 Å². The Balaban J connectivity index is 2.64. The van der Waals surface area contributed by atoms with Crippen molar-refractivity contribution < 1.29 is 9.90 Å². The lowest BCUT2D eigenvalue weighted by molar-refractivity contribution is -0.130. The summed E-state index contributed by atoms with van der Waals surface area (Å²) in [5, 5.41) is 10.0. The van der Waals surface area contributed by atoms with E-state index in [0.717, 1.165) is 12.0 Å². The smallest absolute Gasteiger partial charge is 0.214 e. The first-order valence-corrected chi connectivity index (χ1v) is 6.04. The van der Waals surface area contributed by atoms with Crippen molar-refractivity contribution in [3.63, 3.8) is 0 Å². The van der Waals surface area contributed by atoms with E-state index in [4.69, 9.17) is 0 Å². The first kappa shape index (κ1) is 13.7. The van der Waals surface area contributed by atoms with Crippen LogP contribution in [-0.4, -0.2) is 41.8 Å². The Bertz CT molecular complexity index is 346. The van der Waals surface area contributed by atoms with Crippen LogP contribution in [0.4, 0.5) is 0 Å². The van der Waals surface area contributed by atoms with Crippen molar-refractivity contribution in [1.82, 2.24) is 9.88 Å². The zero-order valence-electron chi connectivity index (χ0n) is 10.5. The summed E-state index contributed by atoms with van der Waals surface area (Å²) in [7, 11) is 1.84. The predicted octanol–water partition coefficient (Wildman–Crippen LogP) is 0.405. The van der Waals surface area contributed by atoms with E-state index in [1.54, 1.807) is 29.4 Å². The van der Waals surface area contributed by atoms with E-state index in [1.165, 1.54) is 0 Å². The van der Waals surface area contributed by atoms with Gasteiger partial charge < -0.3 is 10.0 Å². The van der Waals surface area contributed by atoms with Gasteiger partial charge >= 0.3 is 0 Å². The van der Waals surface area contributed by atoms with E-state index in [0.29, 0.717) is 19.4 Å². The zero-order valence-corrected chi connectivity index (χ0v) is 10.5. The highest BCUT2D eigenvalue weighted by Crippen LogP contribution is 2.13. The lowest BCUT2D eigenvalue weighted by Crippen LogP contribution is -2.35. The molecule has 1 aromatic rings. The van der Waals surface area contributed by atoms with Gasteiger partial charge in [-0.1, -0.05) is 6.92 Å². The van der Waals surface area contributed by atoms with Crippen LogP contribution in [0.25, 0.3) is 0 Å². The van der Waals surface area contributed by atoms with Gasteiger partial charge in [-0.25, -0.2) is 0 Å². The van der Waals surface area contributed by atoms with Gasteiger partial charge in [0.15, 0.2) is 0 Å². The summed E-state index contributed by atoms with van der Waals surface area (Å²) in [5.74, 6) is 0.0833. The summed E-state index contributed by atoms with van der Waals surface area (Å²) in [6.45, 7) is 3.06. The molecule has 1 heterocycles. The molecule has 1 rings (SSSR count). The van der Waals surface area contributed by atoms with Gasteiger partial charge in [-0.15, -0.1) is 0 Å². The Morgan fingerprint density at radius 1 is 1.53 bits per heavy atom. The molecule has 1 atom stereocenters. The summed E-state index contributed by atoms with van der Waals surface area (Å²) >= 11 is 0. The third-order valence-corrected chi connectivity index (χ3v) is 2.63. The molecule has 0 bridgehead atoms. The Morgan fingerprint density at radius 2 is 2.18 bits per heavy atom. The average molecular weight is 234 g/mol. The van der Waals surface area contributed by atoms with Crippen LogP contribution in [-0.2, 0) is 4.79 Å². The second kappa shape index (κ2) is 7.07. The molecule has 5 heteroatoms. The summed E-state index contributed by atoms with van der Waals surface area (Å²) in [4.78, 5) is 17.3. The van der Waals surface area contributed by atoms with Crippen LogP contribution in [0.2, 0.25) is 6.32 Å².